The van der Waals surface area contributed by atoms with Crippen molar-refractivity contribution < 1.29 is 14.6 Å². The summed E-state index contributed by atoms with van der Waals surface area (Å²) in [4.78, 5) is 12.8. The van der Waals surface area contributed by atoms with E-state index in [1.54, 1.807) is 4.90 Å². The molecule has 1 N–H and O–H groups in total. The summed E-state index contributed by atoms with van der Waals surface area (Å²) in [7, 11) is 0. The predicted octanol–water partition coefficient (Wildman–Crippen LogP) is 1.19. The van der Waals surface area contributed by atoms with Gasteiger partial charge in [-0.2, -0.15) is 0 Å². The highest BCUT2D eigenvalue weighted by molar-refractivity contribution is 5.68. The Balaban J connectivity index is 2.35. The molecule has 1 amide bonds. The first-order valence-electron chi connectivity index (χ1n) is 4.55. The summed E-state index contributed by atoms with van der Waals surface area (Å²) in [5, 5.41) is 9.45. The summed E-state index contributed by atoms with van der Waals surface area (Å²) >= 11 is 0. The van der Waals surface area contributed by atoms with Gasteiger partial charge in [0.05, 0.1) is 0 Å². The van der Waals surface area contributed by atoms with Crippen LogP contribution < -0.4 is 0 Å². The number of aliphatic hydroxyl groups is 1. The van der Waals surface area contributed by atoms with E-state index in [4.69, 9.17) is 4.74 Å². The molecule has 0 spiro atoms. The molecule has 0 bridgehead atoms. The molecule has 4 heteroatoms. The summed E-state index contributed by atoms with van der Waals surface area (Å²) in [6, 6.07) is 0. The van der Waals surface area contributed by atoms with Gasteiger partial charge < -0.3 is 14.7 Å². The largest absolute Gasteiger partial charge is 0.419 e. The van der Waals surface area contributed by atoms with Crippen molar-refractivity contribution in [2.24, 2.45) is 5.41 Å². The van der Waals surface area contributed by atoms with Crippen LogP contribution in [0, 0.1) is 5.41 Å². The smallest absolute Gasteiger partial charge is 0.412 e. The van der Waals surface area contributed by atoms with Gasteiger partial charge in [-0.05, 0) is 6.42 Å². The predicted molar refractivity (Wildman–Crippen MR) is 48.1 cm³/mol. The third kappa shape index (κ3) is 2.59. The van der Waals surface area contributed by atoms with Crippen molar-refractivity contribution in [1.82, 2.24) is 4.90 Å². The number of amides is 1. The molecule has 0 aromatic rings. The normalized spacial score (nSPS) is 19.2. The van der Waals surface area contributed by atoms with Crippen LogP contribution in [0.1, 0.15) is 27.2 Å². The Hall–Kier alpha value is -0.770. The van der Waals surface area contributed by atoms with Crippen LogP contribution in [-0.2, 0) is 4.74 Å². The fourth-order valence-electron chi connectivity index (χ4n) is 0.846. The molecule has 1 fully saturated rings. The standard InChI is InChI=1S/C9H17NO3/c1-9(2,3)7(11)13-8(12)10-5-4-6-10/h7,11H,4-6H2,1-3H3. The molecule has 0 aromatic carbocycles. The Morgan fingerprint density at radius 3 is 2.31 bits per heavy atom. The molecule has 1 aliphatic heterocycles. The van der Waals surface area contributed by atoms with Crippen LogP contribution in [0.25, 0.3) is 0 Å². The zero-order valence-corrected chi connectivity index (χ0v) is 8.41. The van der Waals surface area contributed by atoms with Gasteiger partial charge in [0, 0.05) is 18.5 Å². The molecule has 0 aliphatic carbocycles. The van der Waals surface area contributed by atoms with E-state index in [2.05, 4.69) is 0 Å². The van der Waals surface area contributed by atoms with E-state index in [1.807, 2.05) is 20.8 Å². The minimum absolute atomic E-state index is 0.409. The molecule has 13 heavy (non-hydrogen) atoms. The van der Waals surface area contributed by atoms with Gasteiger partial charge >= 0.3 is 6.09 Å². The highest BCUT2D eigenvalue weighted by Crippen LogP contribution is 2.21. The van der Waals surface area contributed by atoms with Crippen molar-refractivity contribution in [3.05, 3.63) is 0 Å². The second kappa shape index (κ2) is 3.54. The summed E-state index contributed by atoms with van der Waals surface area (Å²) in [5.41, 5.74) is -0.416. The highest BCUT2D eigenvalue weighted by atomic mass is 16.6. The van der Waals surface area contributed by atoms with Crippen LogP contribution >= 0.6 is 0 Å². The van der Waals surface area contributed by atoms with Crippen molar-refractivity contribution in [1.29, 1.82) is 0 Å². The SMILES string of the molecule is CC(C)(C)C(O)OC(=O)N1CCC1. The van der Waals surface area contributed by atoms with Gasteiger partial charge in [0.2, 0.25) is 6.29 Å². The van der Waals surface area contributed by atoms with Gasteiger partial charge in [-0.3, -0.25) is 0 Å². The number of ether oxygens (including phenoxy) is 1. The number of hydrogen-bond donors (Lipinski definition) is 1. The number of carbonyl (C=O) groups is 1. The van der Waals surface area contributed by atoms with Crippen molar-refractivity contribution in [3.63, 3.8) is 0 Å². The van der Waals surface area contributed by atoms with E-state index in [0.29, 0.717) is 0 Å². The first-order chi connectivity index (χ1) is 5.91. The van der Waals surface area contributed by atoms with E-state index < -0.39 is 17.8 Å². The molecule has 0 radical (unpaired) electrons. The number of rotatable bonds is 1. The molecule has 0 saturated carbocycles. The number of nitrogens with zero attached hydrogens (tertiary/aromatic N) is 1. The van der Waals surface area contributed by atoms with Crippen molar-refractivity contribution >= 4 is 6.09 Å². The number of carbonyl (C=O) groups excluding carboxylic acids is 1. The molecule has 1 unspecified atom stereocenters. The number of likely N-dealkylation sites (tertiary alicyclic amines) is 1. The van der Waals surface area contributed by atoms with Gasteiger partial charge in [0.15, 0.2) is 0 Å². The minimum atomic E-state index is -1.03. The van der Waals surface area contributed by atoms with E-state index in [1.165, 1.54) is 0 Å². The second-order valence-electron chi connectivity index (χ2n) is 4.44. The van der Waals surface area contributed by atoms with Crippen molar-refractivity contribution in [2.45, 2.75) is 33.5 Å². The lowest BCUT2D eigenvalue weighted by Crippen LogP contribution is -2.45. The monoisotopic (exact) mass is 187 g/mol. The van der Waals surface area contributed by atoms with E-state index in [9.17, 15) is 9.90 Å². The van der Waals surface area contributed by atoms with Gasteiger partial charge in [0.25, 0.3) is 0 Å². The van der Waals surface area contributed by atoms with Crippen molar-refractivity contribution in [3.8, 4) is 0 Å². The molecule has 1 saturated heterocycles. The topological polar surface area (TPSA) is 49.8 Å². The molecule has 0 aromatic heterocycles. The van der Waals surface area contributed by atoms with Crippen LogP contribution in [0.3, 0.4) is 0 Å². The average Bonchev–Trinajstić information content (AvgIpc) is 1.79. The minimum Gasteiger partial charge on any atom is -0.419 e. The highest BCUT2D eigenvalue weighted by Gasteiger charge is 2.29. The Morgan fingerprint density at radius 1 is 1.46 bits per heavy atom. The Morgan fingerprint density at radius 2 is 2.00 bits per heavy atom. The fraction of sp³-hybridized carbons (Fsp3) is 0.889. The molecule has 1 atom stereocenters. The zero-order chi connectivity index (χ0) is 10.1. The first kappa shape index (κ1) is 10.3. The summed E-state index contributed by atoms with van der Waals surface area (Å²) in [6.45, 7) is 6.95. The maximum atomic E-state index is 11.2. The van der Waals surface area contributed by atoms with Crippen LogP contribution in [0.4, 0.5) is 4.79 Å². The lowest BCUT2D eigenvalue weighted by Gasteiger charge is -2.33. The molecular weight excluding hydrogens is 170 g/mol. The van der Waals surface area contributed by atoms with Crippen molar-refractivity contribution in [2.75, 3.05) is 13.1 Å². The third-order valence-electron chi connectivity index (χ3n) is 2.07. The zero-order valence-electron chi connectivity index (χ0n) is 8.41. The fourth-order valence-corrected chi connectivity index (χ4v) is 0.846. The Kier molecular flexibility index (Phi) is 2.81. The summed E-state index contributed by atoms with van der Waals surface area (Å²) < 4.78 is 4.86. The number of hydrogen-bond acceptors (Lipinski definition) is 3. The van der Waals surface area contributed by atoms with Gasteiger partial charge in [-0.25, -0.2) is 4.79 Å². The lowest BCUT2D eigenvalue weighted by molar-refractivity contribution is -0.128. The van der Waals surface area contributed by atoms with Gasteiger partial charge in [-0.15, -0.1) is 0 Å². The number of aliphatic hydroxyl groups excluding tert-OH is 1. The van der Waals surface area contributed by atoms with Crippen LogP contribution in [0.15, 0.2) is 0 Å². The Bertz CT molecular complexity index is 194. The maximum absolute atomic E-state index is 11.2. The Labute approximate surface area is 78.5 Å². The van der Waals surface area contributed by atoms with Crippen LogP contribution in [-0.4, -0.2) is 35.5 Å². The second-order valence-corrected chi connectivity index (χ2v) is 4.44. The quantitative estimate of drug-likeness (QED) is 0.627. The molecule has 1 rings (SSSR count). The van der Waals surface area contributed by atoms with Crippen LogP contribution in [0.2, 0.25) is 0 Å². The molecule has 1 heterocycles. The van der Waals surface area contributed by atoms with E-state index in [0.717, 1.165) is 19.5 Å². The average molecular weight is 187 g/mol. The molecule has 1 aliphatic rings. The van der Waals surface area contributed by atoms with E-state index >= 15 is 0 Å². The summed E-state index contributed by atoms with van der Waals surface area (Å²) in [5.74, 6) is 0. The summed E-state index contributed by atoms with van der Waals surface area (Å²) in [6.07, 6.45) is -0.407. The van der Waals surface area contributed by atoms with Crippen LogP contribution in [0.5, 0.6) is 0 Å². The molecule has 4 nitrogen and oxygen atoms in total. The molecular formula is C9H17NO3. The van der Waals surface area contributed by atoms with E-state index in [-0.39, 0.29) is 0 Å². The first-order valence-corrected chi connectivity index (χ1v) is 4.55. The third-order valence-corrected chi connectivity index (χ3v) is 2.07. The van der Waals surface area contributed by atoms with Gasteiger partial charge in [0.1, 0.15) is 0 Å². The van der Waals surface area contributed by atoms with Gasteiger partial charge in [-0.1, -0.05) is 20.8 Å². The molecule has 76 valence electrons. The maximum Gasteiger partial charge on any atom is 0.412 e. The lowest BCUT2D eigenvalue weighted by atomic mass is 9.96.